The van der Waals surface area contributed by atoms with Gasteiger partial charge in [0.25, 0.3) is 0 Å². The summed E-state index contributed by atoms with van der Waals surface area (Å²) in [5, 5.41) is 4.25. The average molecular weight is 250 g/mol. The molecule has 0 bridgehead atoms. The predicted octanol–water partition coefficient (Wildman–Crippen LogP) is 3.30. The molecule has 1 aromatic heterocycles. The van der Waals surface area contributed by atoms with Crippen LogP contribution in [0.4, 0.5) is 0 Å². The lowest BCUT2D eigenvalue weighted by atomic mass is 10.1. The molecule has 1 atom stereocenters. The second-order valence-corrected chi connectivity index (χ2v) is 4.31. The molecule has 1 aromatic carbocycles. The van der Waals surface area contributed by atoms with E-state index in [9.17, 15) is 0 Å². The summed E-state index contributed by atoms with van der Waals surface area (Å²) in [5.74, 6) is 0.972. The summed E-state index contributed by atoms with van der Waals surface area (Å²) in [6.07, 6.45) is 4.60. The summed E-state index contributed by atoms with van der Waals surface area (Å²) >= 11 is 6.11. The molecule has 1 unspecified atom stereocenters. The zero-order valence-corrected chi connectivity index (χ0v) is 10.5. The molecule has 90 valence electrons. The minimum Gasteiger partial charge on any atom is -0.347 e. The van der Waals surface area contributed by atoms with Gasteiger partial charge in [-0.1, -0.05) is 36.7 Å². The lowest BCUT2D eigenvalue weighted by Crippen LogP contribution is -2.21. The smallest absolute Gasteiger partial charge is 0.123 e. The molecular formula is C13H16ClN3. The van der Waals surface area contributed by atoms with Crippen molar-refractivity contribution in [2.75, 3.05) is 0 Å². The molecule has 0 aliphatic heterocycles. The quantitative estimate of drug-likeness (QED) is 0.854. The zero-order chi connectivity index (χ0) is 12.1. The molecule has 3 nitrogen and oxygen atoms in total. The Morgan fingerprint density at radius 3 is 2.88 bits per heavy atom. The van der Waals surface area contributed by atoms with Crippen molar-refractivity contribution >= 4 is 11.6 Å². The maximum absolute atomic E-state index is 6.11. The van der Waals surface area contributed by atoms with Crippen LogP contribution in [0.3, 0.4) is 0 Å². The van der Waals surface area contributed by atoms with E-state index in [1.54, 1.807) is 6.20 Å². The van der Waals surface area contributed by atoms with E-state index in [4.69, 9.17) is 11.6 Å². The number of aromatic amines is 1. The first-order chi connectivity index (χ1) is 8.31. The van der Waals surface area contributed by atoms with Gasteiger partial charge < -0.3 is 10.3 Å². The van der Waals surface area contributed by atoms with Gasteiger partial charge >= 0.3 is 0 Å². The molecule has 1 heterocycles. The highest BCUT2D eigenvalue weighted by molar-refractivity contribution is 6.31. The number of H-pyrrole nitrogens is 1. The summed E-state index contributed by atoms with van der Waals surface area (Å²) in [4.78, 5) is 7.40. The van der Waals surface area contributed by atoms with Gasteiger partial charge in [-0.25, -0.2) is 4.98 Å². The van der Waals surface area contributed by atoms with Crippen molar-refractivity contribution in [3.63, 3.8) is 0 Å². The Labute approximate surface area is 106 Å². The van der Waals surface area contributed by atoms with Gasteiger partial charge in [0, 0.05) is 24.0 Å². The van der Waals surface area contributed by atoms with Gasteiger partial charge in [-0.15, -0.1) is 0 Å². The predicted molar refractivity (Wildman–Crippen MR) is 69.9 cm³/mol. The van der Waals surface area contributed by atoms with Gasteiger partial charge in [0.15, 0.2) is 0 Å². The maximum atomic E-state index is 6.11. The van der Waals surface area contributed by atoms with Crippen molar-refractivity contribution in [1.29, 1.82) is 0 Å². The topological polar surface area (TPSA) is 40.7 Å². The molecule has 0 saturated carbocycles. The van der Waals surface area contributed by atoms with Crippen molar-refractivity contribution in [3.05, 3.63) is 53.1 Å². The Bertz CT molecular complexity index is 453. The number of aromatic nitrogens is 2. The summed E-state index contributed by atoms with van der Waals surface area (Å²) in [5.41, 5.74) is 1.11. The highest BCUT2D eigenvalue weighted by Gasteiger charge is 2.11. The van der Waals surface area contributed by atoms with Crippen LogP contribution in [0.2, 0.25) is 5.02 Å². The van der Waals surface area contributed by atoms with Crippen molar-refractivity contribution in [2.45, 2.75) is 25.9 Å². The molecule has 0 amide bonds. The number of halogens is 1. The standard InChI is InChI=1S/C13H16ClN3/c1-2-12(13-15-7-8-16-13)17-9-10-5-3-4-6-11(10)14/h3-8,12,17H,2,9H2,1H3,(H,15,16). The van der Waals surface area contributed by atoms with Crippen LogP contribution in [0.5, 0.6) is 0 Å². The lowest BCUT2D eigenvalue weighted by molar-refractivity contribution is 0.498. The first kappa shape index (κ1) is 12.1. The fourth-order valence-electron chi connectivity index (χ4n) is 1.78. The largest absolute Gasteiger partial charge is 0.347 e. The molecule has 2 N–H and O–H groups in total. The fourth-order valence-corrected chi connectivity index (χ4v) is 1.98. The lowest BCUT2D eigenvalue weighted by Gasteiger charge is -2.15. The number of imidazole rings is 1. The summed E-state index contributed by atoms with van der Waals surface area (Å²) in [6, 6.07) is 8.12. The van der Waals surface area contributed by atoms with Gasteiger partial charge in [0.1, 0.15) is 5.82 Å². The molecule has 0 aliphatic rings. The SMILES string of the molecule is CCC(NCc1ccccc1Cl)c1ncc[nH]1. The van der Waals surface area contributed by atoms with Crippen LogP contribution < -0.4 is 5.32 Å². The number of hydrogen-bond donors (Lipinski definition) is 2. The molecule has 0 fully saturated rings. The number of hydrogen-bond acceptors (Lipinski definition) is 2. The van der Waals surface area contributed by atoms with Crippen molar-refractivity contribution in [3.8, 4) is 0 Å². The maximum Gasteiger partial charge on any atom is 0.123 e. The Morgan fingerprint density at radius 1 is 1.41 bits per heavy atom. The first-order valence-corrected chi connectivity index (χ1v) is 6.15. The molecule has 2 aromatic rings. The number of nitrogens with one attached hydrogen (secondary N) is 2. The van der Waals surface area contributed by atoms with E-state index >= 15 is 0 Å². The van der Waals surface area contributed by atoms with Crippen LogP contribution in [-0.2, 0) is 6.54 Å². The Kier molecular flexibility index (Phi) is 4.18. The van der Waals surface area contributed by atoms with Crippen molar-refractivity contribution in [2.24, 2.45) is 0 Å². The first-order valence-electron chi connectivity index (χ1n) is 5.77. The van der Waals surface area contributed by atoms with Gasteiger partial charge in [0.2, 0.25) is 0 Å². The monoisotopic (exact) mass is 249 g/mol. The van der Waals surface area contributed by atoms with Crippen molar-refractivity contribution in [1.82, 2.24) is 15.3 Å². The van der Waals surface area contributed by atoms with Crippen LogP contribution in [0.15, 0.2) is 36.7 Å². The number of benzene rings is 1. The summed E-state index contributed by atoms with van der Waals surface area (Å²) in [7, 11) is 0. The second kappa shape index (κ2) is 5.84. The van der Waals surface area contributed by atoms with Gasteiger partial charge in [-0.2, -0.15) is 0 Å². The summed E-state index contributed by atoms with van der Waals surface area (Å²) in [6.45, 7) is 2.88. The third-order valence-electron chi connectivity index (χ3n) is 2.75. The number of rotatable bonds is 5. The molecule has 0 saturated heterocycles. The van der Waals surface area contributed by atoms with Crippen LogP contribution >= 0.6 is 11.6 Å². The molecule has 0 aliphatic carbocycles. The third kappa shape index (κ3) is 3.08. The molecular weight excluding hydrogens is 234 g/mol. The molecule has 2 rings (SSSR count). The van der Waals surface area contributed by atoms with E-state index in [-0.39, 0.29) is 6.04 Å². The van der Waals surface area contributed by atoms with Crippen LogP contribution in [0.1, 0.15) is 30.8 Å². The van der Waals surface area contributed by atoms with Gasteiger partial charge in [0.05, 0.1) is 6.04 Å². The average Bonchev–Trinajstić information content (AvgIpc) is 2.86. The Balaban J connectivity index is 2.00. The van der Waals surface area contributed by atoms with Crippen molar-refractivity contribution < 1.29 is 0 Å². The highest BCUT2D eigenvalue weighted by atomic mass is 35.5. The van der Waals surface area contributed by atoms with E-state index in [0.717, 1.165) is 29.4 Å². The molecule has 4 heteroatoms. The fraction of sp³-hybridized carbons (Fsp3) is 0.308. The molecule has 0 radical (unpaired) electrons. The van der Waals surface area contributed by atoms with Crippen LogP contribution in [0.25, 0.3) is 0 Å². The van der Waals surface area contributed by atoms with Crippen LogP contribution in [-0.4, -0.2) is 9.97 Å². The van der Waals surface area contributed by atoms with E-state index in [0.29, 0.717) is 0 Å². The molecule has 17 heavy (non-hydrogen) atoms. The normalized spacial score (nSPS) is 12.6. The van der Waals surface area contributed by atoms with E-state index in [1.807, 2.05) is 30.5 Å². The minimum absolute atomic E-state index is 0.237. The van der Waals surface area contributed by atoms with Gasteiger partial charge in [-0.3, -0.25) is 0 Å². The highest BCUT2D eigenvalue weighted by Crippen LogP contribution is 2.17. The third-order valence-corrected chi connectivity index (χ3v) is 3.12. The number of nitrogens with zero attached hydrogens (tertiary/aromatic N) is 1. The van der Waals surface area contributed by atoms with Crippen LogP contribution in [0, 0.1) is 0 Å². The van der Waals surface area contributed by atoms with E-state index in [1.165, 1.54) is 0 Å². The van der Waals surface area contributed by atoms with E-state index < -0.39 is 0 Å². The Morgan fingerprint density at radius 2 is 2.24 bits per heavy atom. The van der Waals surface area contributed by atoms with Gasteiger partial charge in [-0.05, 0) is 18.1 Å². The van der Waals surface area contributed by atoms with E-state index in [2.05, 4.69) is 22.2 Å². The Hall–Kier alpha value is -1.32. The minimum atomic E-state index is 0.237. The second-order valence-electron chi connectivity index (χ2n) is 3.91. The summed E-state index contributed by atoms with van der Waals surface area (Å²) < 4.78 is 0. The molecule has 0 spiro atoms. The zero-order valence-electron chi connectivity index (χ0n) is 9.78.